The summed E-state index contributed by atoms with van der Waals surface area (Å²) in [5.41, 5.74) is 0.416. The van der Waals surface area contributed by atoms with Gasteiger partial charge in [0.1, 0.15) is 5.75 Å². The third kappa shape index (κ3) is 2.42. The number of pyridine rings is 1. The number of esters is 1. The summed E-state index contributed by atoms with van der Waals surface area (Å²) >= 11 is 0. The van der Waals surface area contributed by atoms with Gasteiger partial charge in [0, 0.05) is 12.3 Å². The molecule has 80 valence electrons. The normalized spacial score (nSPS) is 9.81. The van der Waals surface area contributed by atoms with Gasteiger partial charge in [0.15, 0.2) is 0 Å². The Bertz CT molecular complexity index is 499. The molecule has 0 radical (unpaired) electrons. The predicted octanol–water partition coefficient (Wildman–Crippen LogP) is 2.44. The summed E-state index contributed by atoms with van der Waals surface area (Å²) in [5.74, 6) is -1.06. The van der Waals surface area contributed by atoms with Crippen LogP contribution in [-0.2, 0) is 0 Å². The molecule has 0 fully saturated rings. The number of ether oxygens (including phenoxy) is 1. The molecule has 2 aromatic rings. The van der Waals surface area contributed by atoms with E-state index in [-0.39, 0.29) is 5.75 Å². The molecule has 1 aromatic carbocycles. The molecule has 3 nitrogen and oxygen atoms in total. The van der Waals surface area contributed by atoms with Crippen LogP contribution in [0, 0.1) is 5.95 Å². The summed E-state index contributed by atoms with van der Waals surface area (Å²) in [5, 5.41) is 0. The summed E-state index contributed by atoms with van der Waals surface area (Å²) in [4.78, 5) is 14.9. The molecule has 0 aliphatic carbocycles. The number of hydrogen-bond donors (Lipinski definition) is 0. The number of aromatic nitrogens is 1. The van der Waals surface area contributed by atoms with Crippen LogP contribution in [0.5, 0.6) is 5.75 Å². The average molecular weight is 217 g/mol. The highest BCUT2D eigenvalue weighted by molar-refractivity contribution is 5.90. The highest BCUT2D eigenvalue weighted by Crippen LogP contribution is 2.12. The quantitative estimate of drug-likeness (QED) is 0.573. The first-order valence-electron chi connectivity index (χ1n) is 4.64. The molecule has 0 saturated heterocycles. The highest BCUT2D eigenvalue weighted by atomic mass is 19.1. The van der Waals surface area contributed by atoms with Crippen LogP contribution >= 0.6 is 0 Å². The van der Waals surface area contributed by atoms with Crippen molar-refractivity contribution in [3.8, 4) is 5.75 Å². The van der Waals surface area contributed by atoms with Crippen LogP contribution in [0.15, 0.2) is 48.7 Å². The van der Waals surface area contributed by atoms with Crippen molar-refractivity contribution in [2.24, 2.45) is 0 Å². The van der Waals surface area contributed by atoms with Crippen LogP contribution < -0.4 is 4.74 Å². The monoisotopic (exact) mass is 217 g/mol. The van der Waals surface area contributed by atoms with E-state index >= 15 is 0 Å². The minimum atomic E-state index is -0.682. The average Bonchev–Trinajstić information content (AvgIpc) is 2.30. The molecule has 16 heavy (non-hydrogen) atoms. The van der Waals surface area contributed by atoms with Crippen LogP contribution in [0.25, 0.3) is 0 Å². The standard InChI is InChI=1S/C12H8FNO2/c13-11-8-10(6-7-14-11)16-12(15)9-4-2-1-3-5-9/h1-8H. The highest BCUT2D eigenvalue weighted by Gasteiger charge is 2.07. The minimum absolute atomic E-state index is 0.140. The number of carbonyl (C=O) groups excluding carboxylic acids is 1. The first-order valence-corrected chi connectivity index (χ1v) is 4.64. The fourth-order valence-electron chi connectivity index (χ4n) is 1.19. The van der Waals surface area contributed by atoms with E-state index in [1.807, 2.05) is 0 Å². The molecule has 0 saturated carbocycles. The van der Waals surface area contributed by atoms with E-state index in [0.717, 1.165) is 6.07 Å². The molecule has 0 bridgehead atoms. The third-order valence-corrected chi connectivity index (χ3v) is 1.92. The minimum Gasteiger partial charge on any atom is -0.423 e. The predicted molar refractivity (Wildman–Crippen MR) is 55.6 cm³/mol. The lowest BCUT2D eigenvalue weighted by Gasteiger charge is -2.03. The van der Waals surface area contributed by atoms with Crippen LogP contribution in [0.1, 0.15) is 10.4 Å². The fourth-order valence-corrected chi connectivity index (χ4v) is 1.19. The van der Waals surface area contributed by atoms with Crippen molar-refractivity contribution in [2.45, 2.75) is 0 Å². The fraction of sp³-hybridized carbons (Fsp3) is 0. The second kappa shape index (κ2) is 4.53. The number of hydrogen-bond acceptors (Lipinski definition) is 3. The molecule has 1 heterocycles. The van der Waals surface area contributed by atoms with Crippen LogP contribution in [0.4, 0.5) is 4.39 Å². The first-order chi connectivity index (χ1) is 7.75. The molecule has 0 amide bonds. The number of benzene rings is 1. The second-order valence-corrected chi connectivity index (χ2v) is 3.07. The van der Waals surface area contributed by atoms with Gasteiger partial charge >= 0.3 is 5.97 Å². The molecular weight excluding hydrogens is 209 g/mol. The maximum absolute atomic E-state index is 12.7. The van der Waals surface area contributed by atoms with E-state index in [9.17, 15) is 9.18 Å². The Hall–Kier alpha value is -2.23. The third-order valence-electron chi connectivity index (χ3n) is 1.92. The van der Waals surface area contributed by atoms with Gasteiger partial charge in [-0.05, 0) is 18.2 Å². The lowest BCUT2D eigenvalue weighted by atomic mass is 10.2. The van der Waals surface area contributed by atoms with E-state index in [1.54, 1.807) is 30.3 Å². The van der Waals surface area contributed by atoms with Crippen molar-refractivity contribution < 1.29 is 13.9 Å². The van der Waals surface area contributed by atoms with Gasteiger partial charge in [-0.1, -0.05) is 18.2 Å². The largest absolute Gasteiger partial charge is 0.423 e. The van der Waals surface area contributed by atoms with Crippen molar-refractivity contribution in [3.63, 3.8) is 0 Å². The van der Waals surface area contributed by atoms with E-state index in [1.165, 1.54) is 12.3 Å². The Labute approximate surface area is 91.5 Å². The van der Waals surface area contributed by atoms with Gasteiger partial charge in [0.25, 0.3) is 0 Å². The molecule has 0 aliphatic rings. The molecule has 4 heteroatoms. The number of nitrogens with zero attached hydrogens (tertiary/aromatic N) is 1. The summed E-state index contributed by atoms with van der Waals surface area (Å²) < 4.78 is 17.7. The lowest BCUT2D eigenvalue weighted by molar-refractivity contribution is 0.0734. The number of halogens is 1. The summed E-state index contributed by atoms with van der Waals surface area (Å²) in [6, 6.07) is 11.0. The Morgan fingerprint density at radius 1 is 1.19 bits per heavy atom. The van der Waals surface area contributed by atoms with Gasteiger partial charge < -0.3 is 4.74 Å². The molecule has 0 atom stereocenters. The lowest BCUT2D eigenvalue weighted by Crippen LogP contribution is -2.08. The Balaban J connectivity index is 2.14. The smallest absolute Gasteiger partial charge is 0.343 e. The molecule has 2 rings (SSSR count). The molecular formula is C12H8FNO2. The van der Waals surface area contributed by atoms with Crippen LogP contribution in [0.3, 0.4) is 0 Å². The van der Waals surface area contributed by atoms with Crippen molar-refractivity contribution >= 4 is 5.97 Å². The Kier molecular flexibility index (Phi) is 2.91. The Morgan fingerprint density at radius 2 is 1.94 bits per heavy atom. The maximum Gasteiger partial charge on any atom is 0.343 e. The summed E-state index contributed by atoms with van der Waals surface area (Å²) in [6.45, 7) is 0. The SMILES string of the molecule is O=C(Oc1ccnc(F)c1)c1ccccc1. The second-order valence-electron chi connectivity index (χ2n) is 3.07. The van der Waals surface area contributed by atoms with Gasteiger partial charge in [0.2, 0.25) is 5.95 Å². The zero-order valence-corrected chi connectivity index (χ0v) is 8.26. The topological polar surface area (TPSA) is 39.2 Å². The maximum atomic E-state index is 12.7. The van der Waals surface area contributed by atoms with Crippen LogP contribution in [0.2, 0.25) is 0 Å². The summed E-state index contributed by atoms with van der Waals surface area (Å²) in [7, 11) is 0. The molecule has 1 aromatic heterocycles. The molecule has 0 unspecified atom stereocenters. The van der Waals surface area contributed by atoms with Gasteiger partial charge in [-0.25, -0.2) is 9.78 Å². The first kappa shape index (κ1) is 10.3. The number of carbonyl (C=O) groups is 1. The molecule has 0 N–H and O–H groups in total. The van der Waals surface area contributed by atoms with Gasteiger partial charge in [-0.3, -0.25) is 0 Å². The van der Waals surface area contributed by atoms with E-state index < -0.39 is 11.9 Å². The number of rotatable bonds is 2. The van der Waals surface area contributed by atoms with E-state index in [2.05, 4.69) is 4.98 Å². The Morgan fingerprint density at radius 3 is 2.62 bits per heavy atom. The van der Waals surface area contributed by atoms with Crippen molar-refractivity contribution in [3.05, 3.63) is 60.2 Å². The van der Waals surface area contributed by atoms with Crippen molar-refractivity contribution in [2.75, 3.05) is 0 Å². The van der Waals surface area contributed by atoms with Crippen molar-refractivity contribution in [1.29, 1.82) is 0 Å². The van der Waals surface area contributed by atoms with Gasteiger partial charge in [-0.2, -0.15) is 4.39 Å². The van der Waals surface area contributed by atoms with E-state index in [0.29, 0.717) is 5.56 Å². The molecule has 0 aliphatic heterocycles. The van der Waals surface area contributed by atoms with Crippen molar-refractivity contribution in [1.82, 2.24) is 4.98 Å². The van der Waals surface area contributed by atoms with Gasteiger partial charge in [-0.15, -0.1) is 0 Å². The zero-order chi connectivity index (χ0) is 11.4. The van der Waals surface area contributed by atoms with Gasteiger partial charge in [0.05, 0.1) is 5.56 Å². The zero-order valence-electron chi connectivity index (χ0n) is 8.26. The van der Waals surface area contributed by atoms with Crippen LogP contribution in [-0.4, -0.2) is 11.0 Å². The molecule has 0 spiro atoms. The van der Waals surface area contributed by atoms with E-state index in [4.69, 9.17) is 4.74 Å². The summed E-state index contributed by atoms with van der Waals surface area (Å²) in [6.07, 6.45) is 1.24.